The number of aromatic amines is 2. The third kappa shape index (κ3) is 3.16. The molecular formula is C32H20N4. The molecule has 4 nitrogen and oxygen atoms in total. The summed E-state index contributed by atoms with van der Waals surface area (Å²) < 4.78 is 0. The molecule has 0 radical (unpaired) electrons. The van der Waals surface area contributed by atoms with Crippen LogP contribution in [0.15, 0.2) is 97.1 Å². The summed E-state index contributed by atoms with van der Waals surface area (Å²) in [6.07, 6.45) is 4.08. The van der Waals surface area contributed by atoms with Gasteiger partial charge in [0.2, 0.25) is 0 Å². The highest BCUT2D eigenvalue weighted by atomic mass is 14.8. The van der Waals surface area contributed by atoms with E-state index in [1.165, 1.54) is 21.5 Å². The monoisotopic (exact) mass is 460 g/mol. The standard InChI is InChI=1S/C32H20N4/c1-2-4-20-12-22-14-30-29(13-21(22)11-19(20)3-1)31-17-27-9-7-25(34-27)15-23-5-6-24(33-23)16-26-8-10-28(35-26)18-32(30)36-31/h1-18,34-35H. The lowest BCUT2D eigenvalue weighted by Crippen LogP contribution is -1.81. The first-order valence-corrected chi connectivity index (χ1v) is 12.1. The van der Waals surface area contributed by atoms with Crippen molar-refractivity contribution in [3.8, 4) is 22.5 Å². The van der Waals surface area contributed by atoms with Crippen LogP contribution in [0.3, 0.4) is 0 Å². The fourth-order valence-corrected chi connectivity index (χ4v) is 5.25. The molecule has 2 aliphatic rings. The maximum Gasteiger partial charge on any atom is 0.0737 e. The molecule has 3 aromatic heterocycles. The smallest absolute Gasteiger partial charge is 0.0737 e. The van der Waals surface area contributed by atoms with Crippen LogP contribution in [0.1, 0.15) is 11.4 Å². The molecule has 8 bridgehead atoms. The van der Waals surface area contributed by atoms with E-state index in [4.69, 9.17) is 9.97 Å². The quantitative estimate of drug-likeness (QED) is 0.224. The zero-order chi connectivity index (χ0) is 23.6. The Labute approximate surface area is 206 Å². The van der Waals surface area contributed by atoms with Crippen molar-refractivity contribution in [1.29, 1.82) is 0 Å². The van der Waals surface area contributed by atoms with Crippen molar-refractivity contribution in [1.82, 2.24) is 19.9 Å². The predicted octanol–water partition coefficient (Wildman–Crippen LogP) is 8.13. The lowest BCUT2D eigenvalue weighted by atomic mass is 9.96. The molecule has 6 aromatic rings. The van der Waals surface area contributed by atoms with E-state index in [1.54, 1.807) is 0 Å². The molecule has 0 saturated heterocycles. The minimum atomic E-state index is 0.929. The fourth-order valence-electron chi connectivity index (χ4n) is 5.25. The Morgan fingerprint density at radius 1 is 0.417 bits per heavy atom. The first-order valence-electron chi connectivity index (χ1n) is 12.1. The van der Waals surface area contributed by atoms with E-state index in [0.29, 0.717) is 0 Å². The van der Waals surface area contributed by atoms with Gasteiger partial charge in [0.15, 0.2) is 0 Å². The lowest BCUT2D eigenvalue weighted by Gasteiger charge is -2.06. The van der Waals surface area contributed by atoms with Gasteiger partial charge in [0.1, 0.15) is 0 Å². The second-order valence-electron chi connectivity index (χ2n) is 9.44. The molecule has 168 valence electrons. The topological polar surface area (TPSA) is 57.4 Å². The van der Waals surface area contributed by atoms with Crippen molar-refractivity contribution < 1.29 is 0 Å². The van der Waals surface area contributed by atoms with Crippen LogP contribution in [-0.2, 0) is 0 Å². The van der Waals surface area contributed by atoms with Crippen molar-refractivity contribution in [3.63, 3.8) is 0 Å². The first-order chi connectivity index (χ1) is 17.7. The molecule has 0 unspecified atom stereocenters. The van der Waals surface area contributed by atoms with E-state index in [2.05, 4.69) is 107 Å². The van der Waals surface area contributed by atoms with Crippen LogP contribution in [-0.4, -0.2) is 19.9 Å². The van der Waals surface area contributed by atoms with Crippen LogP contribution < -0.4 is 0 Å². The molecule has 5 heterocycles. The molecule has 0 atom stereocenters. The summed E-state index contributed by atoms with van der Waals surface area (Å²) in [5.74, 6) is 0. The van der Waals surface area contributed by atoms with Crippen LogP contribution in [0.5, 0.6) is 0 Å². The zero-order valence-electron chi connectivity index (χ0n) is 19.3. The number of nitrogens with zero attached hydrogens (tertiary/aromatic N) is 2. The molecule has 4 heteroatoms. The van der Waals surface area contributed by atoms with Gasteiger partial charge in [-0.25, -0.2) is 9.97 Å². The van der Waals surface area contributed by atoms with E-state index in [0.717, 1.165) is 56.0 Å². The third-order valence-electron chi connectivity index (χ3n) is 6.97. The Morgan fingerprint density at radius 3 is 1.39 bits per heavy atom. The maximum atomic E-state index is 5.11. The van der Waals surface area contributed by atoms with Crippen molar-refractivity contribution >= 4 is 55.8 Å². The van der Waals surface area contributed by atoms with Crippen LogP contribution >= 0.6 is 0 Å². The highest BCUT2D eigenvalue weighted by Crippen LogP contribution is 2.39. The molecule has 8 rings (SSSR count). The Hall–Kier alpha value is -4.96. The van der Waals surface area contributed by atoms with Gasteiger partial charge in [-0.2, -0.15) is 0 Å². The fraction of sp³-hybridized carbons (Fsp3) is 0. The highest BCUT2D eigenvalue weighted by Gasteiger charge is 2.17. The molecule has 3 aromatic carbocycles. The molecule has 0 fully saturated rings. The molecule has 36 heavy (non-hydrogen) atoms. The minimum absolute atomic E-state index is 0.929. The van der Waals surface area contributed by atoms with E-state index < -0.39 is 0 Å². The van der Waals surface area contributed by atoms with Gasteiger partial charge in [0.25, 0.3) is 0 Å². The summed E-state index contributed by atoms with van der Waals surface area (Å²) in [4.78, 5) is 16.8. The Bertz CT molecular complexity index is 1910. The Balaban J connectivity index is 1.46. The van der Waals surface area contributed by atoms with Gasteiger partial charge < -0.3 is 9.97 Å². The van der Waals surface area contributed by atoms with Gasteiger partial charge in [0, 0.05) is 33.2 Å². The molecule has 0 spiro atoms. The summed E-state index contributed by atoms with van der Waals surface area (Å²) in [5, 5.41) is 4.93. The highest BCUT2D eigenvalue weighted by molar-refractivity contribution is 6.04. The van der Waals surface area contributed by atoms with E-state index in [-0.39, 0.29) is 0 Å². The van der Waals surface area contributed by atoms with Crippen molar-refractivity contribution in [2.45, 2.75) is 0 Å². The van der Waals surface area contributed by atoms with Gasteiger partial charge >= 0.3 is 0 Å². The van der Waals surface area contributed by atoms with Crippen LogP contribution in [0, 0.1) is 0 Å². The minimum Gasteiger partial charge on any atom is -0.355 e. The van der Waals surface area contributed by atoms with E-state index >= 15 is 0 Å². The number of fused-ring (bicyclic) bond motifs is 13. The van der Waals surface area contributed by atoms with Crippen molar-refractivity contribution in [2.24, 2.45) is 0 Å². The predicted molar refractivity (Wildman–Crippen MR) is 149 cm³/mol. The average Bonchev–Trinajstić information content (AvgIpc) is 3.67. The molecule has 2 aliphatic heterocycles. The second-order valence-corrected chi connectivity index (χ2v) is 9.44. The van der Waals surface area contributed by atoms with Gasteiger partial charge in [-0.05, 0) is 106 Å². The third-order valence-corrected chi connectivity index (χ3v) is 6.97. The van der Waals surface area contributed by atoms with Crippen molar-refractivity contribution in [3.05, 3.63) is 108 Å². The number of hydrogen-bond acceptors (Lipinski definition) is 2. The maximum absolute atomic E-state index is 5.11. The van der Waals surface area contributed by atoms with Gasteiger partial charge in [0.05, 0.1) is 22.8 Å². The normalized spacial score (nSPS) is 12.3. The Kier molecular flexibility index (Phi) is 3.91. The largest absolute Gasteiger partial charge is 0.355 e. The molecule has 2 N–H and O–H groups in total. The summed E-state index contributed by atoms with van der Waals surface area (Å²) >= 11 is 0. The summed E-state index contributed by atoms with van der Waals surface area (Å²) in [7, 11) is 0. The van der Waals surface area contributed by atoms with Crippen LogP contribution in [0.4, 0.5) is 0 Å². The number of H-pyrrole nitrogens is 2. The first kappa shape index (κ1) is 19.4. The van der Waals surface area contributed by atoms with Gasteiger partial charge in [-0.3, -0.25) is 0 Å². The van der Waals surface area contributed by atoms with Crippen molar-refractivity contribution in [2.75, 3.05) is 0 Å². The molecular weight excluding hydrogens is 440 g/mol. The SMILES string of the molecule is C1=Cc2cc3ccc(cc4nc(cc5ccc(cc1n2)[nH]5)-c1cc2cc5ccccc5cc2cc1-4)[nH]3. The van der Waals surface area contributed by atoms with Gasteiger partial charge in [-0.1, -0.05) is 24.3 Å². The Morgan fingerprint density at radius 2 is 0.889 bits per heavy atom. The van der Waals surface area contributed by atoms with Crippen LogP contribution in [0.25, 0.3) is 78.3 Å². The molecule has 0 amide bonds. The number of aromatic nitrogens is 4. The average molecular weight is 461 g/mol. The second kappa shape index (κ2) is 7.27. The number of hydrogen-bond donors (Lipinski definition) is 2. The number of rotatable bonds is 0. The molecule has 0 aliphatic carbocycles. The van der Waals surface area contributed by atoms with E-state index in [1.807, 2.05) is 12.2 Å². The summed E-state index contributed by atoms with van der Waals surface area (Å²) in [6, 6.07) is 34.4. The number of benzene rings is 3. The summed E-state index contributed by atoms with van der Waals surface area (Å²) in [5.41, 5.74) is 10.1. The van der Waals surface area contributed by atoms with Crippen LogP contribution in [0.2, 0.25) is 0 Å². The lowest BCUT2D eigenvalue weighted by molar-refractivity contribution is 1.32. The molecule has 0 saturated carbocycles. The van der Waals surface area contributed by atoms with Gasteiger partial charge in [-0.15, -0.1) is 0 Å². The van der Waals surface area contributed by atoms with E-state index in [9.17, 15) is 0 Å². The summed E-state index contributed by atoms with van der Waals surface area (Å²) in [6.45, 7) is 0. The zero-order valence-corrected chi connectivity index (χ0v) is 19.3. The number of nitrogens with one attached hydrogen (secondary N) is 2.